The van der Waals surface area contributed by atoms with E-state index in [2.05, 4.69) is 11.5 Å². The van der Waals surface area contributed by atoms with Crippen LogP contribution in [0.5, 0.6) is 5.75 Å². The maximum absolute atomic E-state index is 13.4. The van der Waals surface area contributed by atoms with Gasteiger partial charge in [0, 0.05) is 25.6 Å². The Morgan fingerprint density at radius 1 is 0.955 bits per heavy atom. The highest BCUT2D eigenvalue weighted by atomic mass is 32.2. The first kappa shape index (κ1) is 30.8. The van der Waals surface area contributed by atoms with E-state index in [-0.39, 0.29) is 4.90 Å². The van der Waals surface area contributed by atoms with E-state index in [0.29, 0.717) is 23.5 Å². The minimum atomic E-state index is -3.74. The lowest BCUT2D eigenvalue weighted by atomic mass is 10.1. The Hall–Kier alpha value is -4.63. The second-order valence-electron chi connectivity index (χ2n) is 10.8. The van der Waals surface area contributed by atoms with Crippen LogP contribution in [-0.2, 0) is 32.5 Å². The highest BCUT2D eigenvalue weighted by Crippen LogP contribution is 2.29. The van der Waals surface area contributed by atoms with Crippen LogP contribution in [0, 0.1) is 6.92 Å². The number of carbonyl (C=O) groups excluding carboxylic acids is 1. The molecular formula is C35H37N3O5S. The van der Waals surface area contributed by atoms with Crippen LogP contribution in [0.15, 0.2) is 102 Å². The first-order valence-electron chi connectivity index (χ1n) is 14.6. The van der Waals surface area contributed by atoms with Crippen LogP contribution in [0.4, 0.5) is 5.69 Å². The highest BCUT2D eigenvalue weighted by Gasteiger charge is 2.24. The number of fused-ring (bicyclic) bond motifs is 1. The monoisotopic (exact) mass is 611 g/mol. The van der Waals surface area contributed by atoms with Crippen molar-refractivity contribution < 1.29 is 22.7 Å². The molecule has 1 aromatic heterocycles. The number of hydrogen-bond acceptors (Lipinski definition) is 6. The first-order chi connectivity index (χ1) is 21.2. The summed E-state index contributed by atoms with van der Waals surface area (Å²) in [6.07, 6.45) is 1.94. The Morgan fingerprint density at radius 3 is 2.32 bits per heavy atom. The van der Waals surface area contributed by atoms with E-state index in [1.807, 2.05) is 73.7 Å². The molecule has 4 aromatic carbocycles. The van der Waals surface area contributed by atoms with Crippen molar-refractivity contribution in [3.8, 4) is 5.75 Å². The molecule has 5 rings (SSSR count). The fourth-order valence-electron chi connectivity index (χ4n) is 5.05. The van der Waals surface area contributed by atoms with E-state index in [0.717, 1.165) is 47.2 Å². The smallest absolute Gasteiger partial charge is 0.351 e. The van der Waals surface area contributed by atoms with Crippen LogP contribution in [0.2, 0.25) is 0 Å². The van der Waals surface area contributed by atoms with Gasteiger partial charge in [-0.15, -0.1) is 0 Å². The van der Waals surface area contributed by atoms with Crippen molar-refractivity contribution in [2.24, 2.45) is 0 Å². The molecule has 44 heavy (non-hydrogen) atoms. The van der Waals surface area contributed by atoms with Crippen LogP contribution in [0.1, 0.15) is 48.4 Å². The van der Waals surface area contributed by atoms with Crippen molar-refractivity contribution in [2.45, 2.75) is 50.7 Å². The van der Waals surface area contributed by atoms with E-state index >= 15 is 0 Å². The number of unbranched alkanes of at least 4 members (excludes halogenated alkanes) is 1. The van der Waals surface area contributed by atoms with Crippen LogP contribution >= 0.6 is 0 Å². The van der Waals surface area contributed by atoms with Crippen LogP contribution in [0.3, 0.4) is 0 Å². The summed E-state index contributed by atoms with van der Waals surface area (Å²) in [5.74, 6) is 1.01. The molecule has 0 N–H and O–H groups in total. The van der Waals surface area contributed by atoms with Crippen molar-refractivity contribution in [2.75, 3.05) is 18.5 Å². The van der Waals surface area contributed by atoms with Crippen molar-refractivity contribution >= 4 is 32.7 Å². The van der Waals surface area contributed by atoms with Gasteiger partial charge in [-0.1, -0.05) is 73.5 Å². The standard InChI is InChI=1S/C35H37N3O5S/c1-5-6-12-33-36-31-22-17-28(37(3)44(40,41)30-20-13-25(2)14-21-30)23-32(31)38(33)24-26-15-18-29(19-16-26)43-34(35(39)42-4)27-10-8-7-9-11-27/h7-11,13-23,34H,5-6,12,24H2,1-4H3. The third kappa shape index (κ3) is 6.63. The molecule has 0 amide bonds. The van der Waals surface area contributed by atoms with Crippen molar-refractivity contribution in [3.05, 3.63) is 120 Å². The molecule has 1 unspecified atom stereocenters. The molecule has 5 aromatic rings. The lowest BCUT2D eigenvalue weighted by molar-refractivity contribution is -0.149. The number of methoxy groups -OCH3 is 1. The number of aryl methyl sites for hydroxylation is 2. The van der Waals surface area contributed by atoms with E-state index in [4.69, 9.17) is 14.5 Å². The molecule has 0 bridgehead atoms. The molecule has 0 fully saturated rings. The fourth-order valence-corrected chi connectivity index (χ4v) is 6.23. The van der Waals surface area contributed by atoms with Gasteiger partial charge in [-0.25, -0.2) is 18.2 Å². The second kappa shape index (κ2) is 13.3. The normalized spacial score (nSPS) is 12.2. The number of sulfonamides is 1. The van der Waals surface area contributed by atoms with E-state index < -0.39 is 22.1 Å². The van der Waals surface area contributed by atoms with Gasteiger partial charge >= 0.3 is 5.97 Å². The lowest BCUT2D eigenvalue weighted by Gasteiger charge is -2.20. The van der Waals surface area contributed by atoms with Crippen molar-refractivity contribution in [1.82, 2.24) is 9.55 Å². The molecule has 228 valence electrons. The summed E-state index contributed by atoms with van der Waals surface area (Å²) >= 11 is 0. The molecule has 9 heteroatoms. The van der Waals surface area contributed by atoms with Gasteiger partial charge in [0.15, 0.2) is 0 Å². The zero-order valence-electron chi connectivity index (χ0n) is 25.4. The minimum Gasteiger partial charge on any atom is -0.474 e. The maximum atomic E-state index is 13.4. The average molecular weight is 612 g/mol. The second-order valence-corrected chi connectivity index (χ2v) is 12.7. The van der Waals surface area contributed by atoms with Crippen molar-refractivity contribution in [3.63, 3.8) is 0 Å². The topological polar surface area (TPSA) is 90.7 Å². The third-order valence-electron chi connectivity index (χ3n) is 7.64. The van der Waals surface area contributed by atoms with Gasteiger partial charge < -0.3 is 14.0 Å². The molecule has 0 spiro atoms. The van der Waals surface area contributed by atoms with Crippen LogP contribution in [-0.4, -0.2) is 38.1 Å². The Balaban J connectivity index is 1.44. The number of imidazole rings is 1. The van der Waals surface area contributed by atoms with Gasteiger partial charge in [-0.2, -0.15) is 0 Å². The predicted octanol–water partition coefficient (Wildman–Crippen LogP) is 6.85. The summed E-state index contributed by atoms with van der Waals surface area (Å²) in [5.41, 5.74) is 4.93. The van der Waals surface area contributed by atoms with Gasteiger partial charge in [0.1, 0.15) is 11.6 Å². The van der Waals surface area contributed by atoms with Crippen LogP contribution in [0.25, 0.3) is 11.0 Å². The summed E-state index contributed by atoms with van der Waals surface area (Å²) in [7, 11) is -0.824. The highest BCUT2D eigenvalue weighted by molar-refractivity contribution is 7.92. The number of nitrogens with zero attached hydrogens (tertiary/aromatic N) is 3. The van der Waals surface area contributed by atoms with E-state index in [1.54, 1.807) is 37.4 Å². The average Bonchev–Trinajstić information content (AvgIpc) is 3.39. The molecule has 1 heterocycles. The largest absolute Gasteiger partial charge is 0.474 e. The van der Waals surface area contributed by atoms with Gasteiger partial charge in [-0.3, -0.25) is 4.31 Å². The molecule has 0 saturated carbocycles. The number of esters is 1. The van der Waals surface area contributed by atoms with Gasteiger partial charge in [0.25, 0.3) is 10.0 Å². The molecule has 0 saturated heterocycles. The number of carbonyl (C=O) groups is 1. The zero-order valence-corrected chi connectivity index (χ0v) is 26.3. The summed E-state index contributed by atoms with van der Waals surface area (Å²) in [6, 6.07) is 29.3. The maximum Gasteiger partial charge on any atom is 0.351 e. The Morgan fingerprint density at radius 2 is 1.66 bits per heavy atom. The molecule has 1 atom stereocenters. The zero-order chi connectivity index (χ0) is 31.3. The summed E-state index contributed by atoms with van der Waals surface area (Å²) < 4.78 is 41.3. The van der Waals surface area contributed by atoms with Gasteiger partial charge in [0.05, 0.1) is 28.7 Å². The Bertz CT molecular complexity index is 1830. The number of anilines is 1. The van der Waals surface area contributed by atoms with Crippen LogP contribution < -0.4 is 9.04 Å². The first-order valence-corrected chi connectivity index (χ1v) is 16.1. The lowest BCUT2D eigenvalue weighted by Crippen LogP contribution is -2.26. The van der Waals surface area contributed by atoms with Gasteiger partial charge in [0.2, 0.25) is 6.10 Å². The summed E-state index contributed by atoms with van der Waals surface area (Å²) in [4.78, 5) is 17.6. The number of ether oxygens (including phenoxy) is 2. The molecule has 8 nitrogen and oxygen atoms in total. The SMILES string of the molecule is CCCCc1nc2ccc(N(C)S(=O)(=O)c3ccc(C)cc3)cc2n1Cc1ccc(OC(C(=O)OC)c2ccccc2)cc1. The number of aromatic nitrogens is 2. The quantitative estimate of drug-likeness (QED) is 0.143. The molecule has 0 aliphatic rings. The fraction of sp³-hybridized carbons (Fsp3) is 0.257. The summed E-state index contributed by atoms with van der Waals surface area (Å²) in [6.45, 7) is 4.61. The predicted molar refractivity (Wildman–Crippen MR) is 172 cm³/mol. The molecule has 0 radical (unpaired) electrons. The number of hydrogen-bond donors (Lipinski definition) is 0. The van der Waals surface area contributed by atoms with Crippen molar-refractivity contribution in [1.29, 1.82) is 0 Å². The van der Waals surface area contributed by atoms with E-state index in [1.165, 1.54) is 11.4 Å². The molecule has 0 aliphatic heterocycles. The third-order valence-corrected chi connectivity index (χ3v) is 9.44. The van der Waals surface area contributed by atoms with Gasteiger partial charge in [-0.05, 0) is 61.4 Å². The minimum absolute atomic E-state index is 0.242. The van der Waals surface area contributed by atoms with E-state index in [9.17, 15) is 13.2 Å². The molecule has 0 aliphatic carbocycles. The Labute approximate surface area is 258 Å². The summed E-state index contributed by atoms with van der Waals surface area (Å²) in [5, 5.41) is 0. The number of rotatable bonds is 12. The number of benzene rings is 4. The molecular weight excluding hydrogens is 574 g/mol. The Kier molecular flexibility index (Phi) is 9.35.